The average Bonchev–Trinajstić information content (AvgIpc) is 2.54. The van der Waals surface area contributed by atoms with E-state index in [9.17, 15) is 9.18 Å². The van der Waals surface area contributed by atoms with Crippen LogP contribution in [0, 0.1) is 5.82 Å². The lowest BCUT2D eigenvalue weighted by Gasteiger charge is -2.31. The summed E-state index contributed by atoms with van der Waals surface area (Å²) in [6.45, 7) is 6.26. The van der Waals surface area contributed by atoms with Crippen molar-refractivity contribution in [3.8, 4) is 0 Å². The van der Waals surface area contributed by atoms with E-state index in [-0.39, 0.29) is 11.8 Å². The highest BCUT2D eigenvalue weighted by molar-refractivity contribution is 5.69. The summed E-state index contributed by atoms with van der Waals surface area (Å²) in [5, 5.41) is 0. The molecule has 1 atom stereocenters. The summed E-state index contributed by atoms with van der Waals surface area (Å²) in [6.07, 6.45) is 4.45. The van der Waals surface area contributed by atoms with Gasteiger partial charge in [-0.15, -0.1) is 0 Å². The van der Waals surface area contributed by atoms with Crippen molar-refractivity contribution >= 4 is 11.5 Å². The highest BCUT2D eigenvalue weighted by atomic mass is 19.1. The maximum atomic E-state index is 13.0. The van der Waals surface area contributed by atoms with Gasteiger partial charge in [0.1, 0.15) is 5.82 Å². The van der Waals surface area contributed by atoms with Crippen LogP contribution in [0.1, 0.15) is 38.7 Å². The molecule has 0 fully saturated rings. The summed E-state index contributed by atoms with van der Waals surface area (Å²) in [5.74, 6) is -0.316. The molecule has 0 saturated carbocycles. The van der Waals surface area contributed by atoms with Gasteiger partial charge in [-0.3, -0.25) is 9.69 Å². The van der Waals surface area contributed by atoms with Crippen LogP contribution in [0.4, 0.5) is 4.39 Å². The summed E-state index contributed by atoms with van der Waals surface area (Å²) < 4.78 is 17.9. The number of rotatable bonds is 6. The number of benzene rings is 1. The number of halogens is 1. The average molecular weight is 305 g/mol. The summed E-state index contributed by atoms with van der Waals surface area (Å²) in [6, 6.07) is 7.03. The molecule has 120 valence electrons. The molecule has 1 aromatic carbocycles. The molecule has 2 rings (SSSR count). The van der Waals surface area contributed by atoms with Gasteiger partial charge in [0.05, 0.1) is 6.61 Å². The Balaban J connectivity index is 1.85. The lowest BCUT2D eigenvalue weighted by molar-refractivity contribution is -0.143. The van der Waals surface area contributed by atoms with Crippen molar-refractivity contribution < 1.29 is 13.9 Å². The Hall–Kier alpha value is -1.68. The molecule has 22 heavy (non-hydrogen) atoms. The number of ether oxygens (including phenoxy) is 1. The molecule has 0 N–H and O–H groups in total. The maximum Gasteiger partial charge on any atom is 0.305 e. The van der Waals surface area contributed by atoms with Gasteiger partial charge in [0.2, 0.25) is 0 Å². The van der Waals surface area contributed by atoms with Crippen LogP contribution in [0.3, 0.4) is 0 Å². The van der Waals surface area contributed by atoms with Crippen molar-refractivity contribution in [2.75, 3.05) is 19.7 Å². The van der Waals surface area contributed by atoms with E-state index in [4.69, 9.17) is 4.74 Å². The molecule has 0 radical (unpaired) electrons. The van der Waals surface area contributed by atoms with Crippen LogP contribution < -0.4 is 0 Å². The third-order valence-corrected chi connectivity index (χ3v) is 4.15. The molecule has 1 aliphatic rings. The van der Waals surface area contributed by atoms with Gasteiger partial charge in [-0.25, -0.2) is 4.39 Å². The molecule has 1 aliphatic heterocycles. The Morgan fingerprint density at radius 2 is 2.09 bits per heavy atom. The van der Waals surface area contributed by atoms with Crippen LogP contribution in [0.5, 0.6) is 0 Å². The van der Waals surface area contributed by atoms with Crippen molar-refractivity contribution in [2.45, 2.75) is 39.2 Å². The number of hydrogen-bond acceptors (Lipinski definition) is 3. The minimum absolute atomic E-state index is 0.117. The second kappa shape index (κ2) is 8.08. The van der Waals surface area contributed by atoms with Crippen molar-refractivity contribution in [1.82, 2.24) is 4.90 Å². The summed E-state index contributed by atoms with van der Waals surface area (Å²) in [4.78, 5) is 13.8. The molecule has 0 aromatic heterocycles. The minimum atomic E-state index is -0.200. The highest BCUT2D eigenvalue weighted by Gasteiger charge is 2.19. The van der Waals surface area contributed by atoms with Crippen molar-refractivity contribution in [3.63, 3.8) is 0 Å². The van der Waals surface area contributed by atoms with E-state index >= 15 is 0 Å². The molecule has 1 unspecified atom stereocenters. The Bertz CT molecular complexity index is 524. The fraction of sp³-hybridized carbons (Fsp3) is 0.500. The monoisotopic (exact) mass is 305 g/mol. The number of esters is 1. The number of carbonyl (C=O) groups excluding carboxylic acids is 1. The van der Waals surface area contributed by atoms with Crippen LogP contribution in [-0.4, -0.2) is 36.6 Å². The van der Waals surface area contributed by atoms with Crippen LogP contribution in [0.2, 0.25) is 0 Å². The molecule has 1 heterocycles. The Kier molecular flexibility index (Phi) is 6.13. The molecule has 0 amide bonds. The zero-order chi connectivity index (χ0) is 15.9. The molecule has 3 nitrogen and oxygen atoms in total. The molecule has 1 aromatic rings. The van der Waals surface area contributed by atoms with Gasteiger partial charge in [-0.05, 0) is 50.0 Å². The largest absolute Gasteiger partial charge is 0.466 e. The SMILES string of the molecule is CCOC(=O)CCC(C)N1CC=C(c2ccc(F)cc2)CC1. The first-order valence-corrected chi connectivity index (χ1v) is 7.94. The van der Waals surface area contributed by atoms with Crippen molar-refractivity contribution in [2.24, 2.45) is 0 Å². The topological polar surface area (TPSA) is 29.5 Å². The predicted molar refractivity (Wildman–Crippen MR) is 85.9 cm³/mol. The van der Waals surface area contributed by atoms with Gasteiger partial charge in [0, 0.05) is 25.6 Å². The van der Waals surface area contributed by atoms with Gasteiger partial charge in [0.15, 0.2) is 0 Å². The fourth-order valence-electron chi connectivity index (χ4n) is 2.75. The Labute approximate surface area is 131 Å². The van der Waals surface area contributed by atoms with Crippen molar-refractivity contribution in [3.05, 3.63) is 41.7 Å². The summed E-state index contributed by atoms with van der Waals surface area (Å²) >= 11 is 0. The molecule has 0 aliphatic carbocycles. The van der Waals surface area contributed by atoms with Crippen LogP contribution >= 0.6 is 0 Å². The van der Waals surface area contributed by atoms with E-state index in [0.717, 1.165) is 31.5 Å². The Morgan fingerprint density at radius 3 is 2.68 bits per heavy atom. The second-order valence-corrected chi connectivity index (χ2v) is 5.67. The third kappa shape index (κ3) is 4.67. The minimum Gasteiger partial charge on any atom is -0.466 e. The molecular formula is C18H24FNO2. The molecular weight excluding hydrogens is 281 g/mol. The predicted octanol–water partition coefficient (Wildman–Crippen LogP) is 3.65. The smallest absolute Gasteiger partial charge is 0.305 e. The first-order chi connectivity index (χ1) is 10.6. The lowest BCUT2D eigenvalue weighted by Crippen LogP contribution is -2.36. The molecule has 0 spiro atoms. The summed E-state index contributed by atoms with van der Waals surface area (Å²) in [5.41, 5.74) is 2.37. The van der Waals surface area contributed by atoms with Gasteiger partial charge in [0.25, 0.3) is 0 Å². The third-order valence-electron chi connectivity index (χ3n) is 4.15. The maximum absolute atomic E-state index is 13.0. The van der Waals surface area contributed by atoms with E-state index in [1.807, 2.05) is 19.1 Å². The molecule has 0 saturated heterocycles. The molecule has 4 heteroatoms. The fourth-order valence-corrected chi connectivity index (χ4v) is 2.75. The van der Waals surface area contributed by atoms with Crippen molar-refractivity contribution in [1.29, 1.82) is 0 Å². The van der Waals surface area contributed by atoms with Crippen LogP contribution in [0.15, 0.2) is 30.3 Å². The summed E-state index contributed by atoms with van der Waals surface area (Å²) in [7, 11) is 0. The number of hydrogen-bond donors (Lipinski definition) is 0. The van der Waals surface area contributed by atoms with E-state index < -0.39 is 0 Å². The van der Waals surface area contributed by atoms with Gasteiger partial charge >= 0.3 is 5.97 Å². The zero-order valence-electron chi connectivity index (χ0n) is 13.3. The Morgan fingerprint density at radius 1 is 1.36 bits per heavy atom. The van der Waals surface area contributed by atoms with Crippen LogP contribution in [-0.2, 0) is 9.53 Å². The normalized spacial score (nSPS) is 17.0. The lowest BCUT2D eigenvalue weighted by atomic mass is 9.98. The van der Waals surface area contributed by atoms with E-state index in [1.165, 1.54) is 17.7 Å². The van der Waals surface area contributed by atoms with Crippen LogP contribution in [0.25, 0.3) is 5.57 Å². The number of nitrogens with zero attached hydrogens (tertiary/aromatic N) is 1. The highest BCUT2D eigenvalue weighted by Crippen LogP contribution is 2.24. The van der Waals surface area contributed by atoms with Gasteiger partial charge < -0.3 is 4.74 Å². The van der Waals surface area contributed by atoms with E-state index in [2.05, 4.69) is 17.9 Å². The first kappa shape index (κ1) is 16.7. The van der Waals surface area contributed by atoms with E-state index in [0.29, 0.717) is 19.1 Å². The quantitative estimate of drug-likeness (QED) is 0.751. The first-order valence-electron chi connectivity index (χ1n) is 7.94. The standard InChI is InChI=1S/C18H24FNO2/c1-3-22-18(21)9-4-14(2)20-12-10-16(11-13-20)15-5-7-17(19)8-6-15/h5-8,10,14H,3-4,9,11-13H2,1-2H3. The van der Waals surface area contributed by atoms with Gasteiger partial charge in [-0.1, -0.05) is 18.2 Å². The molecule has 0 bridgehead atoms. The van der Waals surface area contributed by atoms with E-state index in [1.54, 1.807) is 0 Å². The second-order valence-electron chi connectivity index (χ2n) is 5.67. The zero-order valence-corrected chi connectivity index (χ0v) is 13.3. The van der Waals surface area contributed by atoms with Gasteiger partial charge in [-0.2, -0.15) is 0 Å². The number of carbonyl (C=O) groups is 1.